The van der Waals surface area contributed by atoms with Crippen molar-refractivity contribution in [2.24, 2.45) is 41.4 Å². The fourth-order valence-electron chi connectivity index (χ4n) is 7.55. The summed E-state index contributed by atoms with van der Waals surface area (Å²) in [6.45, 7) is 12.6. The molecule has 2 N–H and O–H groups in total. The van der Waals surface area contributed by atoms with Gasteiger partial charge in [0.1, 0.15) is 0 Å². The Kier molecular flexibility index (Phi) is 7.43. The Labute approximate surface area is 221 Å². The summed E-state index contributed by atoms with van der Waals surface area (Å²) in [6.07, 6.45) is 24.9. The summed E-state index contributed by atoms with van der Waals surface area (Å²) in [6, 6.07) is 0. The van der Waals surface area contributed by atoms with Crippen molar-refractivity contribution in [3.8, 4) is 0 Å². The quantitative estimate of drug-likeness (QED) is 0.292. The summed E-state index contributed by atoms with van der Waals surface area (Å²) in [5.41, 5.74) is 14.5. The summed E-state index contributed by atoms with van der Waals surface area (Å²) in [4.78, 5) is 0. The lowest BCUT2D eigenvalue weighted by molar-refractivity contribution is 0.360. The first-order chi connectivity index (χ1) is 17.1. The molecule has 0 amide bonds. The molecule has 1 heteroatoms. The van der Waals surface area contributed by atoms with Crippen LogP contribution in [0.3, 0.4) is 0 Å². The van der Waals surface area contributed by atoms with E-state index in [2.05, 4.69) is 58.9 Å². The molecule has 0 bridgehead atoms. The van der Waals surface area contributed by atoms with Gasteiger partial charge in [-0.15, -0.1) is 0 Å². The standard InChI is InChI=1S/C35H48.H2N/c1-6-21(4)29-31(25-15-16-25)28(8-3)32(23-11-9-12-23)35(27-19-20-27)34(24-13-10-14-24)30(22(5)7-2)33(29)26-17-18-26;/h10,13,19-26,31H,6-9,11-12,14-18H2,1-5H3;1H2/b32-28-,33-29-,34-30-;/t21?,22?,24?,31-;/m0./s1. The van der Waals surface area contributed by atoms with E-state index in [4.69, 9.17) is 0 Å². The molecule has 0 heterocycles. The van der Waals surface area contributed by atoms with Gasteiger partial charge < -0.3 is 0 Å². The van der Waals surface area contributed by atoms with Gasteiger partial charge in [0.2, 0.25) is 0 Å². The van der Waals surface area contributed by atoms with E-state index in [9.17, 15) is 0 Å². The molecule has 6 rings (SSSR count). The largest absolute Gasteiger partial charge is 0.274 e. The Balaban J connectivity index is 0.00000267. The van der Waals surface area contributed by atoms with E-state index in [1.807, 2.05) is 27.9 Å². The lowest BCUT2D eigenvalue weighted by atomic mass is 9.61. The predicted octanol–water partition coefficient (Wildman–Crippen LogP) is 10.0. The van der Waals surface area contributed by atoms with Crippen LogP contribution in [-0.4, -0.2) is 0 Å². The SMILES string of the molecule is CC/C1=C(\C2CCC2)C(=C2C=C2)/C(C2C=CC2)=C(C(C)CC)\C(C2CC2)=C(\C(C)CC)[C@H]1C1CC1.[NH2]. The van der Waals surface area contributed by atoms with Crippen molar-refractivity contribution in [1.29, 1.82) is 0 Å². The number of rotatable bonds is 9. The molecule has 0 saturated heterocycles. The Morgan fingerprint density at radius 2 is 1.44 bits per heavy atom. The molecule has 195 valence electrons. The first-order valence-electron chi connectivity index (χ1n) is 15.4. The summed E-state index contributed by atoms with van der Waals surface area (Å²) < 4.78 is 0. The van der Waals surface area contributed by atoms with Gasteiger partial charge in [0.05, 0.1) is 0 Å². The zero-order valence-electron chi connectivity index (χ0n) is 23.7. The molecule has 36 heavy (non-hydrogen) atoms. The van der Waals surface area contributed by atoms with Crippen molar-refractivity contribution < 1.29 is 0 Å². The molecule has 6 aliphatic carbocycles. The molecule has 3 fully saturated rings. The second kappa shape index (κ2) is 10.3. The van der Waals surface area contributed by atoms with Crippen molar-refractivity contribution in [1.82, 2.24) is 6.15 Å². The number of nitrogens with two attached hydrogens (primary N) is 1. The van der Waals surface area contributed by atoms with Crippen molar-refractivity contribution in [2.45, 2.75) is 105 Å². The fraction of sp³-hybridized carbons (Fsp3) is 0.657. The van der Waals surface area contributed by atoms with Crippen LogP contribution >= 0.6 is 0 Å². The van der Waals surface area contributed by atoms with E-state index in [0.717, 1.165) is 17.8 Å². The third-order valence-corrected chi connectivity index (χ3v) is 10.5. The highest BCUT2D eigenvalue weighted by atomic mass is 14.5. The molecular weight excluding hydrogens is 434 g/mol. The smallest absolute Gasteiger partial charge is 0.00616 e. The minimum atomic E-state index is 0. The average molecular weight is 485 g/mol. The van der Waals surface area contributed by atoms with Crippen LogP contribution in [0.5, 0.6) is 0 Å². The van der Waals surface area contributed by atoms with Gasteiger partial charge in [0.25, 0.3) is 0 Å². The molecule has 1 radical (unpaired) electrons. The van der Waals surface area contributed by atoms with E-state index in [1.54, 1.807) is 16.7 Å². The molecule has 3 unspecified atom stereocenters. The highest BCUT2D eigenvalue weighted by molar-refractivity contribution is 5.70. The van der Waals surface area contributed by atoms with Crippen molar-refractivity contribution >= 4 is 0 Å². The number of allylic oxidation sites excluding steroid dienone is 12. The normalized spacial score (nSPS) is 36.0. The molecule has 0 aromatic heterocycles. The molecule has 4 atom stereocenters. The van der Waals surface area contributed by atoms with Crippen LogP contribution in [0.1, 0.15) is 105 Å². The van der Waals surface area contributed by atoms with Crippen LogP contribution in [0, 0.1) is 41.4 Å². The zero-order chi connectivity index (χ0) is 24.3. The molecular formula is C35H50N. The fourth-order valence-corrected chi connectivity index (χ4v) is 7.55. The maximum Gasteiger partial charge on any atom is 0.00616 e. The van der Waals surface area contributed by atoms with Gasteiger partial charge in [-0.1, -0.05) is 76.5 Å². The summed E-state index contributed by atoms with van der Waals surface area (Å²) >= 11 is 0. The molecule has 3 saturated carbocycles. The second-order valence-electron chi connectivity index (χ2n) is 12.8. The van der Waals surface area contributed by atoms with Gasteiger partial charge in [-0.05, 0) is 127 Å². The Morgan fingerprint density at radius 1 is 0.806 bits per heavy atom. The summed E-state index contributed by atoms with van der Waals surface area (Å²) in [5.74, 6) is 5.22. The van der Waals surface area contributed by atoms with E-state index in [1.165, 1.54) is 70.6 Å². The maximum atomic E-state index is 2.59. The number of hydrogen-bond donors (Lipinski definition) is 0. The van der Waals surface area contributed by atoms with Gasteiger partial charge in [-0.2, -0.15) is 0 Å². The minimum absolute atomic E-state index is 0. The maximum absolute atomic E-state index is 2.59. The van der Waals surface area contributed by atoms with Crippen LogP contribution in [-0.2, 0) is 0 Å². The minimum Gasteiger partial charge on any atom is -0.274 e. The topological polar surface area (TPSA) is 33.5 Å². The van der Waals surface area contributed by atoms with Gasteiger partial charge in [0.15, 0.2) is 0 Å². The van der Waals surface area contributed by atoms with Crippen LogP contribution in [0.4, 0.5) is 0 Å². The Bertz CT molecular complexity index is 1050. The van der Waals surface area contributed by atoms with E-state index in [0.29, 0.717) is 23.7 Å². The molecule has 1 nitrogen and oxygen atoms in total. The average Bonchev–Trinajstić information content (AvgIpc) is 3.62. The Hall–Kier alpha value is -1.60. The third kappa shape index (κ3) is 4.38. The zero-order valence-corrected chi connectivity index (χ0v) is 23.7. The molecule has 0 aliphatic heterocycles. The van der Waals surface area contributed by atoms with Gasteiger partial charge in [-0.25, -0.2) is 0 Å². The van der Waals surface area contributed by atoms with E-state index < -0.39 is 0 Å². The van der Waals surface area contributed by atoms with Gasteiger partial charge in [-0.3, -0.25) is 6.15 Å². The van der Waals surface area contributed by atoms with Crippen LogP contribution in [0.2, 0.25) is 0 Å². The monoisotopic (exact) mass is 484 g/mol. The molecule has 6 aliphatic rings. The van der Waals surface area contributed by atoms with Gasteiger partial charge >= 0.3 is 0 Å². The summed E-state index contributed by atoms with van der Waals surface area (Å²) in [7, 11) is 0. The molecule has 0 spiro atoms. The van der Waals surface area contributed by atoms with E-state index >= 15 is 0 Å². The Morgan fingerprint density at radius 3 is 1.86 bits per heavy atom. The van der Waals surface area contributed by atoms with E-state index in [-0.39, 0.29) is 6.15 Å². The first kappa shape index (κ1) is 26.0. The van der Waals surface area contributed by atoms with Crippen molar-refractivity contribution in [2.75, 3.05) is 0 Å². The predicted molar refractivity (Wildman–Crippen MR) is 154 cm³/mol. The lowest BCUT2D eigenvalue weighted by Crippen LogP contribution is -2.30. The second-order valence-corrected chi connectivity index (χ2v) is 12.8. The molecule has 0 aromatic carbocycles. The van der Waals surface area contributed by atoms with Gasteiger partial charge in [0, 0.05) is 11.8 Å². The van der Waals surface area contributed by atoms with Crippen LogP contribution in [0.15, 0.2) is 68.9 Å². The lowest BCUT2D eigenvalue weighted by Gasteiger charge is -2.43. The van der Waals surface area contributed by atoms with Crippen molar-refractivity contribution in [3.05, 3.63) is 68.9 Å². The first-order valence-corrected chi connectivity index (χ1v) is 15.4. The number of hydrogen-bond acceptors (Lipinski definition) is 0. The van der Waals surface area contributed by atoms with Crippen molar-refractivity contribution in [3.63, 3.8) is 0 Å². The summed E-state index contributed by atoms with van der Waals surface area (Å²) in [5, 5.41) is 0. The molecule has 0 aromatic rings. The highest BCUT2D eigenvalue weighted by Crippen LogP contribution is 2.60. The van der Waals surface area contributed by atoms with Crippen LogP contribution < -0.4 is 6.15 Å². The highest BCUT2D eigenvalue weighted by Gasteiger charge is 2.47. The third-order valence-electron chi connectivity index (χ3n) is 10.5. The van der Waals surface area contributed by atoms with Crippen LogP contribution in [0.25, 0.3) is 0 Å².